The van der Waals surface area contributed by atoms with Crippen molar-refractivity contribution in [3.8, 4) is 11.7 Å². The van der Waals surface area contributed by atoms with E-state index in [0.717, 1.165) is 39.9 Å². The number of fused-ring (bicyclic) bond motifs is 2. The maximum absolute atomic E-state index is 6.07. The number of para-hydroxylation sites is 2. The van der Waals surface area contributed by atoms with Gasteiger partial charge in [-0.1, -0.05) is 54.6 Å². The molecule has 7 heteroatoms. The minimum atomic E-state index is 0.445. The molecular formula is C29H31N5O2. The quantitative estimate of drug-likeness (QED) is 0.274. The fraction of sp³-hybridized carbons (Fsp3) is 0.241. The molecule has 2 heterocycles. The number of hydrogen-bond acceptors (Lipinski definition) is 6. The van der Waals surface area contributed by atoms with Crippen molar-refractivity contribution in [2.45, 2.75) is 13.1 Å². The first-order chi connectivity index (χ1) is 17.6. The van der Waals surface area contributed by atoms with Crippen LogP contribution in [0.15, 0.2) is 78.9 Å². The number of ether oxygens (including phenoxy) is 2. The number of aromatic nitrogens is 3. The maximum Gasteiger partial charge on any atom is 0.237 e. The molecule has 2 aromatic heterocycles. The van der Waals surface area contributed by atoms with Crippen molar-refractivity contribution in [3.63, 3.8) is 0 Å². The van der Waals surface area contributed by atoms with Crippen LogP contribution in [0, 0.1) is 0 Å². The van der Waals surface area contributed by atoms with Gasteiger partial charge in [0.1, 0.15) is 23.7 Å². The fourth-order valence-corrected chi connectivity index (χ4v) is 4.37. The molecule has 1 N–H and O–H groups in total. The summed E-state index contributed by atoms with van der Waals surface area (Å²) in [6.45, 7) is 2.36. The normalized spacial score (nSPS) is 11.4. The molecule has 36 heavy (non-hydrogen) atoms. The Labute approximate surface area is 211 Å². The van der Waals surface area contributed by atoms with Gasteiger partial charge >= 0.3 is 0 Å². The molecule has 0 amide bonds. The molecular weight excluding hydrogens is 450 g/mol. The molecule has 3 aromatic carbocycles. The average Bonchev–Trinajstić information content (AvgIpc) is 3.25. The molecule has 5 rings (SSSR count). The van der Waals surface area contributed by atoms with E-state index in [4.69, 9.17) is 19.4 Å². The maximum atomic E-state index is 6.07. The summed E-state index contributed by atoms with van der Waals surface area (Å²) in [5.74, 6) is 2.09. The van der Waals surface area contributed by atoms with E-state index in [9.17, 15) is 0 Å². The first-order valence-electron chi connectivity index (χ1n) is 12.1. The molecule has 184 valence electrons. The molecule has 0 bridgehead atoms. The molecule has 0 unspecified atom stereocenters. The van der Waals surface area contributed by atoms with Gasteiger partial charge in [-0.25, -0.2) is 4.98 Å². The smallest absolute Gasteiger partial charge is 0.237 e. The van der Waals surface area contributed by atoms with Gasteiger partial charge in [0.05, 0.1) is 12.1 Å². The van der Waals surface area contributed by atoms with Crippen LogP contribution in [0.2, 0.25) is 0 Å². The molecule has 5 aromatic rings. The summed E-state index contributed by atoms with van der Waals surface area (Å²) in [5, 5.41) is 5.62. The van der Waals surface area contributed by atoms with Crippen LogP contribution in [-0.4, -0.2) is 53.9 Å². The van der Waals surface area contributed by atoms with Crippen molar-refractivity contribution >= 4 is 27.6 Å². The summed E-state index contributed by atoms with van der Waals surface area (Å²) < 4.78 is 13.4. The largest absolute Gasteiger partial charge is 0.489 e. The van der Waals surface area contributed by atoms with E-state index in [2.05, 4.69) is 65.3 Å². The number of nitrogens with zero attached hydrogens (tertiary/aromatic N) is 4. The summed E-state index contributed by atoms with van der Waals surface area (Å²) in [5.41, 5.74) is 4.13. The number of nitrogens with one attached hydrogen (secondary N) is 1. The highest BCUT2D eigenvalue weighted by Crippen LogP contribution is 2.32. The van der Waals surface area contributed by atoms with Gasteiger partial charge in [0, 0.05) is 36.7 Å². The van der Waals surface area contributed by atoms with Crippen LogP contribution in [0.5, 0.6) is 5.75 Å². The van der Waals surface area contributed by atoms with Crippen LogP contribution in [0.1, 0.15) is 11.3 Å². The Morgan fingerprint density at radius 1 is 0.889 bits per heavy atom. The lowest BCUT2D eigenvalue weighted by molar-refractivity contribution is 0.147. The van der Waals surface area contributed by atoms with Crippen molar-refractivity contribution in [2.24, 2.45) is 0 Å². The zero-order chi connectivity index (χ0) is 24.9. The summed E-state index contributed by atoms with van der Waals surface area (Å²) in [4.78, 5) is 12.3. The zero-order valence-corrected chi connectivity index (χ0v) is 20.9. The number of rotatable bonds is 10. The summed E-state index contributed by atoms with van der Waals surface area (Å²) in [6, 6.07) is 26.8. The molecule has 0 aliphatic carbocycles. The van der Waals surface area contributed by atoms with Crippen molar-refractivity contribution in [1.29, 1.82) is 0 Å². The summed E-state index contributed by atoms with van der Waals surface area (Å²) >= 11 is 0. The van der Waals surface area contributed by atoms with Gasteiger partial charge in [-0.3, -0.25) is 4.57 Å². The Balaban J connectivity index is 1.67. The number of benzene rings is 3. The number of methoxy groups -OCH3 is 1. The lowest BCUT2D eigenvalue weighted by atomic mass is 10.2. The Hall–Kier alpha value is -3.94. The van der Waals surface area contributed by atoms with Gasteiger partial charge in [0.15, 0.2) is 0 Å². The number of hydrogen-bond donors (Lipinski definition) is 1. The van der Waals surface area contributed by atoms with E-state index in [1.807, 2.05) is 42.5 Å². The van der Waals surface area contributed by atoms with E-state index in [1.54, 1.807) is 7.11 Å². The minimum absolute atomic E-state index is 0.445. The Bertz CT molecular complexity index is 1460. The Kier molecular flexibility index (Phi) is 7.11. The molecule has 0 fully saturated rings. The van der Waals surface area contributed by atoms with Crippen molar-refractivity contribution in [3.05, 3.63) is 90.1 Å². The minimum Gasteiger partial charge on any atom is -0.489 e. The SMILES string of the molecule is COCCOc1cccc2c(NCc3ccccc3)nc(-n3c(CN(C)C)cc4ccccc43)nc12. The standard InChI is InChI=1S/C29H31N5O2/c1-33(2)20-23-18-22-12-7-8-14-25(22)34(23)29-31-27-24(13-9-15-26(27)36-17-16-35-3)28(32-29)30-19-21-10-5-4-6-11-21/h4-15,18H,16-17,19-20H2,1-3H3,(H,30,31,32). The highest BCUT2D eigenvalue weighted by Gasteiger charge is 2.18. The van der Waals surface area contributed by atoms with Crippen molar-refractivity contribution in [2.75, 3.05) is 39.7 Å². The molecule has 0 saturated carbocycles. The Morgan fingerprint density at radius 2 is 1.69 bits per heavy atom. The fourth-order valence-electron chi connectivity index (χ4n) is 4.37. The number of anilines is 1. The van der Waals surface area contributed by atoms with E-state index >= 15 is 0 Å². The third kappa shape index (κ3) is 5.03. The second kappa shape index (κ2) is 10.8. The summed E-state index contributed by atoms with van der Waals surface area (Å²) in [6.07, 6.45) is 0. The second-order valence-electron chi connectivity index (χ2n) is 8.97. The average molecular weight is 482 g/mol. The van der Waals surface area contributed by atoms with Gasteiger partial charge in [0.25, 0.3) is 0 Å². The zero-order valence-electron chi connectivity index (χ0n) is 20.9. The van der Waals surface area contributed by atoms with Crippen LogP contribution in [0.3, 0.4) is 0 Å². The van der Waals surface area contributed by atoms with Gasteiger partial charge in [-0.05, 0) is 43.9 Å². The molecule has 7 nitrogen and oxygen atoms in total. The molecule has 0 aliphatic rings. The molecule has 0 atom stereocenters. The van der Waals surface area contributed by atoms with Crippen LogP contribution in [0.4, 0.5) is 5.82 Å². The topological polar surface area (TPSA) is 64.4 Å². The second-order valence-corrected chi connectivity index (χ2v) is 8.97. The van der Waals surface area contributed by atoms with E-state index in [-0.39, 0.29) is 0 Å². The molecule has 0 saturated heterocycles. The van der Waals surface area contributed by atoms with E-state index in [1.165, 1.54) is 5.56 Å². The van der Waals surface area contributed by atoms with Crippen LogP contribution in [-0.2, 0) is 17.8 Å². The summed E-state index contributed by atoms with van der Waals surface area (Å²) in [7, 11) is 5.80. The first-order valence-corrected chi connectivity index (χ1v) is 12.1. The van der Waals surface area contributed by atoms with E-state index < -0.39 is 0 Å². The van der Waals surface area contributed by atoms with Gasteiger partial charge < -0.3 is 19.7 Å². The highest BCUT2D eigenvalue weighted by atomic mass is 16.5. The van der Waals surface area contributed by atoms with Crippen LogP contribution >= 0.6 is 0 Å². The van der Waals surface area contributed by atoms with Crippen molar-refractivity contribution in [1.82, 2.24) is 19.4 Å². The lowest BCUT2D eigenvalue weighted by Crippen LogP contribution is -2.16. The van der Waals surface area contributed by atoms with Crippen LogP contribution in [0.25, 0.3) is 27.8 Å². The first kappa shape index (κ1) is 23.8. The van der Waals surface area contributed by atoms with Crippen LogP contribution < -0.4 is 10.1 Å². The predicted molar refractivity (Wildman–Crippen MR) is 145 cm³/mol. The third-order valence-electron chi connectivity index (χ3n) is 5.99. The van der Waals surface area contributed by atoms with Gasteiger partial charge in [-0.2, -0.15) is 4.98 Å². The third-order valence-corrected chi connectivity index (χ3v) is 5.99. The van der Waals surface area contributed by atoms with Crippen molar-refractivity contribution < 1.29 is 9.47 Å². The van der Waals surface area contributed by atoms with Gasteiger partial charge in [0.2, 0.25) is 5.95 Å². The Morgan fingerprint density at radius 3 is 2.50 bits per heavy atom. The molecule has 0 spiro atoms. The monoisotopic (exact) mass is 481 g/mol. The highest BCUT2D eigenvalue weighted by molar-refractivity contribution is 5.94. The predicted octanol–water partition coefficient (Wildman–Crippen LogP) is 5.27. The van der Waals surface area contributed by atoms with E-state index in [0.29, 0.717) is 31.5 Å². The lowest BCUT2D eigenvalue weighted by Gasteiger charge is -2.17. The molecule has 0 aliphatic heterocycles. The molecule has 0 radical (unpaired) electrons. The van der Waals surface area contributed by atoms with Gasteiger partial charge in [-0.15, -0.1) is 0 Å².